The lowest BCUT2D eigenvalue weighted by Crippen LogP contribution is -2.27. The van der Waals surface area contributed by atoms with Gasteiger partial charge in [0, 0.05) is 25.7 Å². The first kappa shape index (κ1) is 17.4. The van der Waals surface area contributed by atoms with Crippen LogP contribution in [0.25, 0.3) is 0 Å². The minimum Gasteiger partial charge on any atom is -0.376 e. The molecule has 1 heterocycles. The van der Waals surface area contributed by atoms with Gasteiger partial charge in [-0.3, -0.25) is 14.4 Å². The van der Waals surface area contributed by atoms with Crippen LogP contribution in [-0.2, 0) is 17.9 Å². The Labute approximate surface area is 138 Å². The Morgan fingerprint density at radius 1 is 1.04 bits per heavy atom. The first-order valence-corrected chi connectivity index (χ1v) is 7.41. The van der Waals surface area contributed by atoms with Crippen molar-refractivity contribution in [2.75, 3.05) is 6.73 Å². The molecular weight excluding hydrogens is 310 g/mol. The number of aliphatic hydroxyl groups is 1. The molecule has 0 saturated carbocycles. The van der Waals surface area contributed by atoms with E-state index in [4.69, 9.17) is 5.11 Å². The summed E-state index contributed by atoms with van der Waals surface area (Å²) in [5, 5.41) is 13.7. The number of amides is 2. The van der Waals surface area contributed by atoms with Gasteiger partial charge in [0.2, 0.25) is 5.91 Å². The van der Waals surface area contributed by atoms with Crippen molar-refractivity contribution >= 4 is 11.8 Å². The van der Waals surface area contributed by atoms with Crippen molar-refractivity contribution in [1.29, 1.82) is 0 Å². The Morgan fingerprint density at radius 2 is 1.71 bits per heavy atom. The van der Waals surface area contributed by atoms with Gasteiger partial charge in [0.05, 0.1) is 12.1 Å². The van der Waals surface area contributed by atoms with E-state index in [0.717, 1.165) is 11.1 Å². The number of aromatic nitrogens is 1. The number of hydrogen-bond acceptors (Lipinski definition) is 4. The predicted octanol–water partition coefficient (Wildman–Crippen LogP) is 0.212. The van der Waals surface area contributed by atoms with Gasteiger partial charge in [0.15, 0.2) is 0 Å². The average molecular weight is 329 g/mol. The van der Waals surface area contributed by atoms with Crippen molar-refractivity contribution in [3.63, 3.8) is 0 Å². The predicted molar refractivity (Wildman–Crippen MR) is 88.3 cm³/mol. The molecule has 7 heteroatoms. The molecule has 126 valence electrons. The number of benzene rings is 1. The highest BCUT2D eigenvalue weighted by Gasteiger charge is 2.07. The third kappa shape index (κ3) is 4.79. The van der Waals surface area contributed by atoms with Gasteiger partial charge in [0.1, 0.15) is 6.73 Å². The van der Waals surface area contributed by atoms with E-state index in [1.165, 1.54) is 29.8 Å². The molecule has 0 atom stereocenters. The highest BCUT2D eigenvalue weighted by Crippen LogP contribution is 2.06. The summed E-state index contributed by atoms with van der Waals surface area (Å²) in [7, 11) is 0. The maximum Gasteiger partial charge on any atom is 0.254 e. The number of carbonyl (C=O) groups excluding carboxylic acids is 2. The first-order valence-electron chi connectivity index (χ1n) is 7.41. The number of rotatable bonds is 6. The Hall–Kier alpha value is -2.93. The molecule has 1 aromatic carbocycles. The van der Waals surface area contributed by atoms with Crippen LogP contribution in [0.2, 0.25) is 0 Å². The Bertz CT molecular complexity index is 781. The molecule has 0 unspecified atom stereocenters. The minimum atomic E-state index is -0.465. The second-order valence-corrected chi connectivity index (χ2v) is 5.27. The molecule has 0 fully saturated rings. The molecule has 0 spiro atoms. The zero-order valence-corrected chi connectivity index (χ0v) is 13.3. The molecular formula is C17H19N3O4. The minimum absolute atomic E-state index is 0.0939. The zero-order chi connectivity index (χ0) is 17.5. The number of aliphatic hydroxyl groups excluding tert-OH is 1. The molecule has 2 rings (SSSR count). The summed E-state index contributed by atoms with van der Waals surface area (Å²) in [6.45, 7) is 1.76. The second kappa shape index (κ2) is 8.07. The van der Waals surface area contributed by atoms with Gasteiger partial charge in [-0.05, 0) is 17.2 Å². The van der Waals surface area contributed by atoms with Crippen LogP contribution >= 0.6 is 0 Å². The maximum absolute atomic E-state index is 11.9. The summed E-state index contributed by atoms with van der Waals surface area (Å²) in [4.78, 5) is 34.5. The van der Waals surface area contributed by atoms with Crippen LogP contribution in [0.4, 0.5) is 0 Å². The molecule has 0 saturated heterocycles. The molecule has 24 heavy (non-hydrogen) atoms. The van der Waals surface area contributed by atoms with E-state index in [1.54, 1.807) is 0 Å². The molecule has 7 nitrogen and oxygen atoms in total. The van der Waals surface area contributed by atoms with Gasteiger partial charge in [-0.1, -0.05) is 24.3 Å². The van der Waals surface area contributed by atoms with Crippen LogP contribution in [0.15, 0.2) is 47.4 Å². The van der Waals surface area contributed by atoms with E-state index in [-0.39, 0.29) is 11.5 Å². The first-order chi connectivity index (χ1) is 11.5. The quantitative estimate of drug-likeness (QED) is 0.660. The summed E-state index contributed by atoms with van der Waals surface area (Å²) in [5.74, 6) is -0.541. The van der Waals surface area contributed by atoms with Gasteiger partial charge in [-0.15, -0.1) is 0 Å². The number of nitrogens with one attached hydrogen (secondary N) is 2. The van der Waals surface area contributed by atoms with Crippen molar-refractivity contribution in [3.05, 3.63) is 69.6 Å². The van der Waals surface area contributed by atoms with Crippen molar-refractivity contribution in [2.45, 2.75) is 20.0 Å². The molecule has 2 amide bonds. The molecule has 2 aromatic rings. The van der Waals surface area contributed by atoms with E-state index in [2.05, 4.69) is 10.6 Å². The number of hydrogen-bond donors (Lipinski definition) is 3. The summed E-state index contributed by atoms with van der Waals surface area (Å²) in [6, 6.07) is 10.2. The Balaban J connectivity index is 2.12. The highest BCUT2D eigenvalue weighted by atomic mass is 16.3. The van der Waals surface area contributed by atoms with E-state index >= 15 is 0 Å². The third-order valence-electron chi connectivity index (χ3n) is 3.40. The van der Waals surface area contributed by atoms with Gasteiger partial charge in [-0.25, -0.2) is 0 Å². The number of carbonyl (C=O) groups is 2. The standard InChI is InChI=1S/C17H19N3O4/c1-12(22)18-8-13-2-4-14(5-3-13)9-20-10-15(6-7-16(20)23)17(24)19-11-21/h2-7,10,21H,8-9,11H2,1H3,(H,18,22)(H,19,24). The van der Waals surface area contributed by atoms with Gasteiger partial charge < -0.3 is 20.3 Å². The largest absolute Gasteiger partial charge is 0.376 e. The van der Waals surface area contributed by atoms with Crippen molar-refractivity contribution in [1.82, 2.24) is 15.2 Å². The summed E-state index contributed by atoms with van der Waals surface area (Å²) in [6.07, 6.45) is 1.46. The SMILES string of the molecule is CC(=O)NCc1ccc(Cn2cc(C(=O)NCO)ccc2=O)cc1. The second-order valence-electron chi connectivity index (χ2n) is 5.27. The van der Waals surface area contributed by atoms with Crippen LogP contribution in [0.5, 0.6) is 0 Å². The average Bonchev–Trinajstić information content (AvgIpc) is 2.56. The van der Waals surface area contributed by atoms with E-state index in [9.17, 15) is 14.4 Å². The molecule has 1 aromatic heterocycles. The number of nitrogens with zero attached hydrogens (tertiary/aromatic N) is 1. The van der Waals surface area contributed by atoms with Crippen LogP contribution < -0.4 is 16.2 Å². The van der Waals surface area contributed by atoms with Gasteiger partial charge >= 0.3 is 0 Å². The van der Waals surface area contributed by atoms with E-state index in [0.29, 0.717) is 18.7 Å². The number of pyridine rings is 1. The van der Waals surface area contributed by atoms with E-state index < -0.39 is 12.6 Å². The fourth-order valence-corrected chi connectivity index (χ4v) is 2.15. The fourth-order valence-electron chi connectivity index (χ4n) is 2.15. The van der Waals surface area contributed by atoms with Crippen molar-refractivity contribution < 1.29 is 14.7 Å². The molecule has 0 radical (unpaired) electrons. The van der Waals surface area contributed by atoms with Gasteiger partial charge in [-0.2, -0.15) is 0 Å². The molecule has 0 aliphatic rings. The molecule has 3 N–H and O–H groups in total. The zero-order valence-electron chi connectivity index (χ0n) is 13.3. The Kier molecular flexibility index (Phi) is 5.86. The lowest BCUT2D eigenvalue weighted by molar-refractivity contribution is -0.119. The van der Waals surface area contributed by atoms with E-state index in [1.807, 2.05) is 24.3 Å². The van der Waals surface area contributed by atoms with Crippen molar-refractivity contribution in [2.24, 2.45) is 0 Å². The normalized spacial score (nSPS) is 10.2. The lowest BCUT2D eigenvalue weighted by Gasteiger charge is -2.09. The van der Waals surface area contributed by atoms with Crippen LogP contribution in [-0.4, -0.2) is 28.2 Å². The summed E-state index contributed by atoms with van der Waals surface area (Å²) < 4.78 is 1.43. The monoisotopic (exact) mass is 329 g/mol. The third-order valence-corrected chi connectivity index (χ3v) is 3.40. The van der Waals surface area contributed by atoms with Crippen LogP contribution in [0.1, 0.15) is 28.4 Å². The Morgan fingerprint density at radius 3 is 2.33 bits per heavy atom. The van der Waals surface area contributed by atoms with Crippen molar-refractivity contribution in [3.8, 4) is 0 Å². The van der Waals surface area contributed by atoms with Crippen LogP contribution in [0, 0.1) is 0 Å². The molecule has 0 aliphatic carbocycles. The fraction of sp³-hybridized carbons (Fsp3) is 0.235. The maximum atomic E-state index is 11.9. The van der Waals surface area contributed by atoms with Crippen LogP contribution in [0.3, 0.4) is 0 Å². The smallest absolute Gasteiger partial charge is 0.254 e. The lowest BCUT2D eigenvalue weighted by atomic mass is 10.1. The highest BCUT2D eigenvalue weighted by molar-refractivity contribution is 5.93. The molecule has 0 bridgehead atoms. The molecule has 0 aliphatic heterocycles. The summed E-state index contributed by atoms with van der Waals surface area (Å²) >= 11 is 0. The topological polar surface area (TPSA) is 100 Å². The van der Waals surface area contributed by atoms with Gasteiger partial charge in [0.25, 0.3) is 11.5 Å². The summed E-state index contributed by atoms with van der Waals surface area (Å²) in [5.41, 5.74) is 1.92.